The van der Waals surface area contributed by atoms with Crippen LogP contribution in [-0.4, -0.2) is 28.1 Å². The summed E-state index contributed by atoms with van der Waals surface area (Å²) >= 11 is 5.68. The van der Waals surface area contributed by atoms with Gasteiger partial charge in [0.1, 0.15) is 4.90 Å². The molecule has 1 rings (SSSR count). The Bertz CT molecular complexity index is 576. The van der Waals surface area contributed by atoms with Crippen molar-refractivity contribution in [3.8, 4) is 0 Å². The molecule has 0 aliphatic carbocycles. The largest absolute Gasteiger partial charge is 0.416 e. The third kappa shape index (κ3) is 4.34. The molecule has 114 valence electrons. The Balaban J connectivity index is 3.11. The van der Waals surface area contributed by atoms with Crippen LogP contribution in [0.2, 0.25) is 5.02 Å². The molecule has 0 aliphatic heterocycles. The van der Waals surface area contributed by atoms with Gasteiger partial charge in [-0.1, -0.05) is 11.6 Å². The number of hydrogen-bond acceptors (Lipinski definition) is 3. The number of likely N-dealkylation sites (N-methyl/N-ethyl adjacent to an activating group) is 1. The molecule has 0 bridgehead atoms. The molecule has 20 heavy (non-hydrogen) atoms. The zero-order valence-corrected chi connectivity index (χ0v) is 12.3. The van der Waals surface area contributed by atoms with Crippen LogP contribution >= 0.6 is 11.6 Å². The van der Waals surface area contributed by atoms with Gasteiger partial charge in [0.25, 0.3) is 0 Å². The summed E-state index contributed by atoms with van der Waals surface area (Å²) in [4.78, 5) is -0.586. The van der Waals surface area contributed by atoms with E-state index >= 15 is 0 Å². The fourth-order valence-corrected chi connectivity index (χ4v) is 2.95. The van der Waals surface area contributed by atoms with E-state index in [9.17, 15) is 21.6 Å². The first-order chi connectivity index (χ1) is 9.08. The van der Waals surface area contributed by atoms with Gasteiger partial charge in [-0.25, -0.2) is 13.1 Å². The fourth-order valence-electron chi connectivity index (χ4n) is 1.30. The van der Waals surface area contributed by atoms with E-state index in [0.717, 1.165) is 12.1 Å². The average molecular weight is 331 g/mol. The standard InChI is InChI=1S/C11H14ClF3N2O2S/c1-7(16-2)6-17-20(18,19)10-5-8(11(13,14)15)3-4-9(10)12/h3-5,7,16-17H,6H2,1-2H3. The molecule has 0 saturated carbocycles. The van der Waals surface area contributed by atoms with Gasteiger partial charge in [-0.2, -0.15) is 13.2 Å². The van der Waals surface area contributed by atoms with Crippen LogP contribution in [0.15, 0.2) is 23.1 Å². The minimum Gasteiger partial charge on any atom is -0.316 e. The van der Waals surface area contributed by atoms with E-state index in [1.54, 1.807) is 14.0 Å². The lowest BCUT2D eigenvalue weighted by atomic mass is 10.2. The highest BCUT2D eigenvalue weighted by Gasteiger charge is 2.32. The van der Waals surface area contributed by atoms with Crippen LogP contribution in [0.3, 0.4) is 0 Å². The number of nitrogens with one attached hydrogen (secondary N) is 2. The quantitative estimate of drug-likeness (QED) is 0.870. The minimum absolute atomic E-state index is 0.0331. The summed E-state index contributed by atoms with van der Waals surface area (Å²) in [5, 5.41) is 2.54. The van der Waals surface area contributed by atoms with Crippen molar-refractivity contribution in [1.82, 2.24) is 10.0 Å². The molecule has 1 aromatic rings. The van der Waals surface area contributed by atoms with Crippen molar-refractivity contribution in [3.05, 3.63) is 28.8 Å². The Morgan fingerprint density at radius 3 is 2.45 bits per heavy atom. The van der Waals surface area contributed by atoms with E-state index in [4.69, 9.17) is 11.6 Å². The minimum atomic E-state index is -4.63. The van der Waals surface area contributed by atoms with Gasteiger partial charge in [-0.15, -0.1) is 0 Å². The summed E-state index contributed by atoms with van der Waals surface area (Å²) in [6, 6.07) is 2.00. The van der Waals surface area contributed by atoms with Crippen molar-refractivity contribution in [2.45, 2.75) is 24.0 Å². The van der Waals surface area contributed by atoms with Crippen molar-refractivity contribution in [2.24, 2.45) is 0 Å². The zero-order chi connectivity index (χ0) is 15.6. The van der Waals surface area contributed by atoms with Gasteiger partial charge in [-0.3, -0.25) is 0 Å². The van der Waals surface area contributed by atoms with E-state index in [1.807, 2.05) is 0 Å². The van der Waals surface area contributed by atoms with Crippen molar-refractivity contribution < 1.29 is 21.6 Å². The lowest BCUT2D eigenvalue weighted by Gasteiger charge is -2.14. The lowest BCUT2D eigenvalue weighted by molar-refractivity contribution is -0.137. The maximum Gasteiger partial charge on any atom is 0.416 e. The van der Waals surface area contributed by atoms with Gasteiger partial charge in [0, 0.05) is 12.6 Å². The molecule has 9 heteroatoms. The number of rotatable bonds is 5. The molecule has 0 amide bonds. The Morgan fingerprint density at radius 1 is 1.35 bits per heavy atom. The molecule has 0 fully saturated rings. The molecular formula is C11H14ClF3N2O2S. The van der Waals surface area contributed by atoms with Gasteiger partial charge in [0.15, 0.2) is 0 Å². The van der Waals surface area contributed by atoms with Crippen molar-refractivity contribution in [1.29, 1.82) is 0 Å². The topological polar surface area (TPSA) is 58.2 Å². The predicted octanol–water partition coefficient (Wildman–Crippen LogP) is 2.25. The maximum absolute atomic E-state index is 12.6. The molecular weight excluding hydrogens is 317 g/mol. The van der Waals surface area contributed by atoms with E-state index in [2.05, 4.69) is 10.0 Å². The smallest absolute Gasteiger partial charge is 0.316 e. The number of alkyl halides is 3. The number of halogens is 4. The van der Waals surface area contributed by atoms with Gasteiger partial charge in [0.2, 0.25) is 10.0 Å². The van der Waals surface area contributed by atoms with Gasteiger partial charge >= 0.3 is 6.18 Å². The summed E-state index contributed by atoms with van der Waals surface area (Å²) in [6.07, 6.45) is -4.63. The van der Waals surface area contributed by atoms with E-state index < -0.39 is 26.7 Å². The Kier molecular flexibility index (Phi) is 5.42. The van der Waals surface area contributed by atoms with Gasteiger partial charge in [-0.05, 0) is 32.2 Å². The highest BCUT2D eigenvalue weighted by Crippen LogP contribution is 2.33. The molecule has 0 spiro atoms. The second-order valence-electron chi connectivity index (χ2n) is 4.18. The second kappa shape index (κ2) is 6.30. The first kappa shape index (κ1) is 17.2. The highest BCUT2D eigenvalue weighted by atomic mass is 35.5. The summed E-state index contributed by atoms with van der Waals surface area (Å²) < 4.78 is 63.9. The molecule has 1 unspecified atom stereocenters. The zero-order valence-electron chi connectivity index (χ0n) is 10.8. The van der Waals surface area contributed by atoms with Crippen LogP contribution in [0, 0.1) is 0 Å². The number of benzene rings is 1. The van der Waals surface area contributed by atoms with E-state index in [-0.39, 0.29) is 17.6 Å². The molecule has 0 radical (unpaired) electrons. The fraction of sp³-hybridized carbons (Fsp3) is 0.455. The first-order valence-electron chi connectivity index (χ1n) is 5.61. The van der Waals surface area contributed by atoms with Crippen molar-refractivity contribution in [3.63, 3.8) is 0 Å². The Morgan fingerprint density at radius 2 is 1.95 bits per heavy atom. The van der Waals surface area contributed by atoms with E-state index in [0.29, 0.717) is 6.07 Å². The molecule has 0 heterocycles. The number of hydrogen-bond donors (Lipinski definition) is 2. The molecule has 4 nitrogen and oxygen atoms in total. The van der Waals surface area contributed by atoms with E-state index in [1.165, 1.54) is 0 Å². The van der Waals surface area contributed by atoms with Gasteiger partial charge in [0.05, 0.1) is 10.6 Å². The monoisotopic (exact) mass is 330 g/mol. The summed E-state index contributed by atoms with van der Waals surface area (Å²) in [6.45, 7) is 1.75. The van der Waals surface area contributed by atoms with Crippen LogP contribution in [0.1, 0.15) is 12.5 Å². The lowest BCUT2D eigenvalue weighted by Crippen LogP contribution is -2.37. The van der Waals surface area contributed by atoms with Crippen LogP contribution in [0.25, 0.3) is 0 Å². The third-order valence-electron chi connectivity index (χ3n) is 2.62. The SMILES string of the molecule is CNC(C)CNS(=O)(=O)c1cc(C(F)(F)F)ccc1Cl. The first-order valence-corrected chi connectivity index (χ1v) is 7.47. The van der Waals surface area contributed by atoms with Crippen molar-refractivity contribution in [2.75, 3.05) is 13.6 Å². The third-order valence-corrected chi connectivity index (χ3v) is 4.53. The van der Waals surface area contributed by atoms with Gasteiger partial charge < -0.3 is 5.32 Å². The maximum atomic E-state index is 12.6. The molecule has 0 saturated heterocycles. The molecule has 0 aromatic heterocycles. The Hall–Kier alpha value is -0.830. The van der Waals surface area contributed by atoms with Crippen molar-refractivity contribution >= 4 is 21.6 Å². The Labute approximate surface area is 120 Å². The molecule has 2 N–H and O–H groups in total. The molecule has 0 aliphatic rings. The summed E-state index contributed by atoms with van der Waals surface area (Å²) in [5.74, 6) is 0. The van der Waals surface area contributed by atoms with Crippen LogP contribution in [0.5, 0.6) is 0 Å². The van der Waals surface area contributed by atoms with Crippen LogP contribution in [0.4, 0.5) is 13.2 Å². The predicted molar refractivity (Wildman–Crippen MR) is 70.2 cm³/mol. The summed E-state index contributed by atoms with van der Waals surface area (Å²) in [5.41, 5.74) is -1.07. The van der Waals surface area contributed by atoms with Crippen LogP contribution < -0.4 is 10.0 Å². The highest BCUT2D eigenvalue weighted by molar-refractivity contribution is 7.89. The second-order valence-corrected chi connectivity index (χ2v) is 6.33. The number of sulfonamides is 1. The average Bonchev–Trinajstić information content (AvgIpc) is 2.34. The molecule has 1 atom stereocenters. The summed E-state index contributed by atoms with van der Waals surface area (Å²) in [7, 11) is -2.47. The molecule has 1 aromatic carbocycles. The van der Waals surface area contributed by atoms with Crippen LogP contribution in [-0.2, 0) is 16.2 Å². The normalized spacial score (nSPS) is 14.3.